The highest BCUT2D eigenvalue weighted by atomic mass is 16.5. The van der Waals surface area contributed by atoms with Crippen LogP contribution in [0.3, 0.4) is 0 Å². The highest BCUT2D eigenvalue weighted by molar-refractivity contribution is 4.89. The fraction of sp³-hybridized carbons (Fsp3) is 0.800. The fourth-order valence-corrected chi connectivity index (χ4v) is 2.31. The first-order chi connectivity index (χ1) is 6.42. The number of fused-ring (bicyclic) bond motifs is 1. The molecule has 3 nitrogen and oxygen atoms in total. The molecular formula is C10H17NO2. The maximum atomic E-state index is 5.43. The van der Waals surface area contributed by atoms with Crippen LogP contribution in [-0.2, 0) is 9.47 Å². The molecule has 3 heteroatoms. The number of nitrogens with zero attached hydrogens (tertiary/aromatic N) is 1. The molecule has 0 N–H and O–H groups in total. The van der Waals surface area contributed by atoms with E-state index in [9.17, 15) is 0 Å². The summed E-state index contributed by atoms with van der Waals surface area (Å²) < 4.78 is 10.7. The summed E-state index contributed by atoms with van der Waals surface area (Å²) in [5.41, 5.74) is 0. The first-order valence-electron chi connectivity index (χ1n) is 4.98. The second-order valence-electron chi connectivity index (χ2n) is 3.70. The van der Waals surface area contributed by atoms with Crippen LogP contribution in [0.5, 0.6) is 0 Å². The molecule has 0 aromatic carbocycles. The van der Waals surface area contributed by atoms with Crippen molar-refractivity contribution in [3.63, 3.8) is 0 Å². The maximum Gasteiger partial charge on any atom is 0.103 e. The summed E-state index contributed by atoms with van der Waals surface area (Å²) in [6, 6.07) is 1.24. The SMILES string of the molecule is C=COCC1CCC2COCCN12. The minimum Gasteiger partial charge on any atom is -0.500 e. The summed E-state index contributed by atoms with van der Waals surface area (Å²) in [6.45, 7) is 7.20. The van der Waals surface area contributed by atoms with Gasteiger partial charge in [0, 0.05) is 18.6 Å². The Morgan fingerprint density at radius 2 is 2.46 bits per heavy atom. The Labute approximate surface area is 79.3 Å². The molecule has 0 spiro atoms. The summed E-state index contributed by atoms with van der Waals surface area (Å²) in [6.07, 6.45) is 4.03. The summed E-state index contributed by atoms with van der Waals surface area (Å²) in [5.74, 6) is 0. The molecule has 0 saturated carbocycles. The normalized spacial score (nSPS) is 34.2. The van der Waals surface area contributed by atoms with Gasteiger partial charge in [0.1, 0.15) is 6.61 Å². The molecule has 13 heavy (non-hydrogen) atoms. The van der Waals surface area contributed by atoms with Gasteiger partial charge in [-0.25, -0.2) is 0 Å². The van der Waals surface area contributed by atoms with Crippen molar-refractivity contribution in [3.8, 4) is 0 Å². The molecule has 0 bridgehead atoms. The van der Waals surface area contributed by atoms with E-state index >= 15 is 0 Å². The van der Waals surface area contributed by atoms with Crippen molar-refractivity contribution in [1.82, 2.24) is 4.90 Å². The molecule has 0 radical (unpaired) electrons. The highest BCUT2D eigenvalue weighted by Gasteiger charge is 2.35. The smallest absolute Gasteiger partial charge is 0.103 e. The molecule has 2 fully saturated rings. The minimum absolute atomic E-state index is 0.590. The summed E-state index contributed by atoms with van der Waals surface area (Å²) in [4.78, 5) is 2.52. The summed E-state index contributed by atoms with van der Waals surface area (Å²) in [5, 5.41) is 0. The molecule has 2 aliphatic rings. The van der Waals surface area contributed by atoms with E-state index in [1.165, 1.54) is 19.1 Å². The molecule has 0 amide bonds. The van der Waals surface area contributed by atoms with Crippen LogP contribution in [0.2, 0.25) is 0 Å². The Balaban J connectivity index is 1.87. The van der Waals surface area contributed by atoms with Crippen LogP contribution in [-0.4, -0.2) is 43.3 Å². The molecule has 2 saturated heterocycles. The quantitative estimate of drug-likeness (QED) is 0.609. The van der Waals surface area contributed by atoms with Gasteiger partial charge in [0.15, 0.2) is 0 Å². The first kappa shape index (κ1) is 9.03. The molecule has 74 valence electrons. The van der Waals surface area contributed by atoms with Gasteiger partial charge in [-0.3, -0.25) is 4.90 Å². The zero-order valence-corrected chi connectivity index (χ0v) is 7.95. The third-order valence-corrected chi connectivity index (χ3v) is 2.98. The van der Waals surface area contributed by atoms with E-state index in [1.54, 1.807) is 0 Å². The van der Waals surface area contributed by atoms with Gasteiger partial charge in [0.25, 0.3) is 0 Å². The largest absolute Gasteiger partial charge is 0.500 e. The van der Waals surface area contributed by atoms with E-state index in [2.05, 4.69) is 11.5 Å². The third-order valence-electron chi connectivity index (χ3n) is 2.98. The zero-order chi connectivity index (χ0) is 9.10. The molecule has 0 aromatic rings. The lowest BCUT2D eigenvalue weighted by molar-refractivity contribution is -0.0126. The standard InChI is InChI=1S/C10H17NO2/c1-2-12-7-9-3-4-10-8-13-6-5-11(9)10/h2,9-10H,1,3-8H2. The monoisotopic (exact) mass is 183 g/mol. The Morgan fingerprint density at radius 1 is 1.54 bits per heavy atom. The van der Waals surface area contributed by atoms with E-state index in [1.807, 2.05) is 0 Å². The summed E-state index contributed by atoms with van der Waals surface area (Å²) in [7, 11) is 0. The lowest BCUT2D eigenvalue weighted by Gasteiger charge is -2.33. The van der Waals surface area contributed by atoms with E-state index in [0.717, 1.165) is 26.4 Å². The molecule has 2 heterocycles. The van der Waals surface area contributed by atoms with Gasteiger partial charge in [0.2, 0.25) is 0 Å². The van der Waals surface area contributed by atoms with Crippen LogP contribution in [0, 0.1) is 0 Å². The van der Waals surface area contributed by atoms with Crippen molar-refractivity contribution in [2.75, 3.05) is 26.4 Å². The van der Waals surface area contributed by atoms with Gasteiger partial charge in [0.05, 0.1) is 19.5 Å². The molecule has 2 rings (SSSR count). The number of rotatable bonds is 3. The van der Waals surface area contributed by atoms with E-state index in [-0.39, 0.29) is 0 Å². The van der Waals surface area contributed by atoms with E-state index in [0.29, 0.717) is 12.1 Å². The second-order valence-corrected chi connectivity index (χ2v) is 3.70. The fourth-order valence-electron chi connectivity index (χ4n) is 2.31. The second kappa shape index (κ2) is 4.11. The van der Waals surface area contributed by atoms with Crippen molar-refractivity contribution in [2.45, 2.75) is 24.9 Å². The molecule has 0 aromatic heterocycles. The lowest BCUT2D eigenvalue weighted by atomic mass is 10.2. The van der Waals surface area contributed by atoms with Crippen molar-refractivity contribution in [1.29, 1.82) is 0 Å². The molecule has 2 aliphatic heterocycles. The number of morpholine rings is 1. The Hall–Kier alpha value is -0.540. The average molecular weight is 183 g/mol. The van der Waals surface area contributed by atoms with Crippen LogP contribution in [0.4, 0.5) is 0 Å². The first-order valence-corrected chi connectivity index (χ1v) is 4.98. The Morgan fingerprint density at radius 3 is 3.31 bits per heavy atom. The van der Waals surface area contributed by atoms with Crippen molar-refractivity contribution in [3.05, 3.63) is 12.8 Å². The predicted molar refractivity (Wildman–Crippen MR) is 50.5 cm³/mol. The van der Waals surface area contributed by atoms with Gasteiger partial charge in [-0.2, -0.15) is 0 Å². The third kappa shape index (κ3) is 1.86. The van der Waals surface area contributed by atoms with Crippen LogP contribution >= 0.6 is 0 Å². The van der Waals surface area contributed by atoms with Crippen molar-refractivity contribution in [2.24, 2.45) is 0 Å². The topological polar surface area (TPSA) is 21.7 Å². The molecular weight excluding hydrogens is 166 g/mol. The number of ether oxygens (including phenoxy) is 2. The van der Waals surface area contributed by atoms with Gasteiger partial charge in [-0.15, -0.1) is 0 Å². The maximum absolute atomic E-state index is 5.43. The van der Waals surface area contributed by atoms with Crippen LogP contribution in [0.15, 0.2) is 12.8 Å². The van der Waals surface area contributed by atoms with E-state index in [4.69, 9.17) is 9.47 Å². The summed E-state index contributed by atoms with van der Waals surface area (Å²) >= 11 is 0. The average Bonchev–Trinajstić information content (AvgIpc) is 2.58. The van der Waals surface area contributed by atoms with Crippen LogP contribution in [0.25, 0.3) is 0 Å². The van der Waals surface area contributed by atoms with Crippen LogP contribution < -0.4 is 0 Å². The molecule has 2 atom stereocenters. The lowest BCUT2D eigenvalue weighted by Crippen LogP contribution is -2.46. The van der Waals surface area contributed by atoms with Gasteiger partial charge in [-0.1, -0.05) is 6.58 Å². The molecule has 0 aliphatic carbocycles. The van der Waals surface area contributed by atoms with Crippen molar-refractivity contribution < 1.29 is 9.47 Å². The number of hydrogen-bond acceptors (Lipinski definition) is 3. The minimum atomic E-state index is 0.590. The number of hydrogen-bond donors (Lipinski definition) is 0. The van der Waals surface area contributed by atoms with Gasteiger partial charge >= 0.3 is 0 Å². The van der Waals surface area contributed by atoms with Crippen molar-refractivity contribution >= 4 is 0 Å². The highest BCUT2D eigenvalue weighted by Crippen LogP contribution is 2.26. The van der Waals surface area contributed by atoms with Gasteiger partial charge < -0.3 is 9.47 Å². The van der Waals surface area contributed by atoms with Crippen LogP contribution in [0.1, 0.15) is 12.8 Å². The predicted octanol–water partition coefficient (Wildman–Crippen LogP) is 1.01. The Bertz CT molecular complexity index is 184. The zero-order valence-electron chi connectivity index (χ0n) is 7.95. The molecule has 2 unspecified atom stereocenters. The van der Waals surface area contributed by atoms with Gasteiger partial charge in [-0.05, 0) is 12.8 Å². The Kier molecular flexibility index (Phi) is 2.86. The van der Waals surface area contributed by atoms with E-state index < -0.39 is 0 Å².